The van der Waals surface area contributed by atoms with Crippen molar-refractivity contribution in [3.63, 3.8) is 0 Å². The van der Waals surface area contributed by atoms with Gasteiger partial charge in [0.2, 0.25) is 0 Å². The number of amides is 2. The lowest BCUT2D eigenvalue weighted by molar-refractivity contribution is -0.0494. The van der Waals surface area contributed by atoms with Gasteiger partial charge in [0.1, 0.15) is 11.6 Å². The fraction of sp³-hybridized carbons (Fsp3) is 0.562. The fourth-order valence-electron chi connectivity index (χ4n) is 3.49. The van der Waals surface area contributed by atoms with Crippen molar-refractivity contribution in [3.05, 3.63) is 24.0 Å². The lowest BCUT2D eigenvalue weighted by Crippen LogP contribution is -2.41. The van der Waals surface area contributed by atoms with Gasteiger partial charge in [-0.1, -0.05) is 0 Å². The first-order chi connectivity index (χ1) is 11.4. The Labute approximate surface area is 138 Å². The summed E-state index contributed by atoms with van der Waals surface area (Å²) in [4.78, 5) is 16.4. The number of hydrogen-bond acceptors (Lipinski definition) is 3. The van der Waals surface area contributed by atoms with E-state index in [4.69, 9.17) is 0 Å². The third-order valence-electron chi connectivity index (χ3n) is 4.83. The van der Waals surface area contributed by atoms with Crippen molar-refractivity contribution in [1.29, 1.82) is 0 Å². The Morgan fingerprint density at radius 3 is 2.79 bits per heavy atom. The third kappa shape index (κ3) is 3.58. The molecule has 1 aromatic rings. The maximum Gasteiger partial charge on any atom is 0.387 e. The molecule has 5 nitrogen and oxygen atoms in total. The molecule has 2 unspecified atom stereocenters. The van der Waals surface area contributed by atoms with Gasteiger partial charge in [-0.2, -0.15) is 8.78 Å². The second-order valence-electron chi connectivity index (χ2n) is 6.23. The number of anilines is 1. The minimum atomic E-state index is -3.05. The van der Waals surface area contributed by atoms with Crippen LogP contribution in [0.5, 0.6) is 5.75 Å². The van der Waals surface area contributed by atoms with E-state index in [0.717, 1.165) is 37.5 Å². The highest BCUT2D eigenvalue weighted by molar-refractivity contribution is 5.91. The Kier molecular flexibility index (Phi) is 4.84. The van der Waals surface area contributed by atoms with Crippen LogP contribution in [0, 0.1) is 5.82 Å². The zero-order valence-electron chi connectivity index (χ0n) is 13.3. The standard InChI is InChI=1S/C16H20F3N3O2/c1-21-11-3-4-12(21)9-22(7-6-11)16(23)20-13-8-10(17)2-5-14(13)24-15(18)19/h2,5,8,11-12,15H,3-4,6-7,9H2,1H3,(H,20,23). The third-order valence-corrected chi connectivity index (χ3v) is 4.83. The van der Waals surface area contributed by atoms with Gasteiger partial charge in [0.15, 0.2) is 0 Å². The Hall–Kier alpha value is -1.96. The first-order valence-electron chi connectivity index (χ1n) is 7.96. The first-order valence-corrected chi connectivity index (χ1v) is 7.96. The molecule has 132 valence electrons. The van der Waals surface area contributed by atoms with Crippen LogP contribution in [0.1, 0.15) is 19.3 Å². The maximum atomic E-state index is 13.4. The number of fused-ring (bicyclic) bond motifs is 2. The Morgan fingerprint density at radius 1 is 1.29 bits per heavy atom. The number of nitrogens with zero attached hydrogens (tertiary/aromatic N) is 2. The van der Waals surface area contributed by atoms with Crippen molar-refractivity contribution in [1.82, 2.24) is 9.80 Å². The number of likely N-dealkylation sites (tertiary alicyclic amines) is 1. The molecule has 0 radical (unpaired) electrons. The van der Waals surface area contributed by atoms with Gasteiger partial charge in [0.25, 0.3) is 0 Å². The minimum Gasteiger partial charge on any atom is -0.433 e. The van der Waals surface area contributed by atoms with E-state index in [9.17, 15) is 18.0 Å². The number of benzene rings is 1. The van der Waals surface area contributed by atoms with Crippen molar-refractivity contribution in [3.8, 4) is 5.75 Å². The highest BCUT2D eigenvalue weighted by Crippen LogP contribution is 2.30. The van der Waals surface area contributed by atoms with Crippen LogP contribution in [0.3, 0.4) is 0 Å². The molecular weight excluding hydrogens is 323 g/mol. The number of hydrogen-bond donors (Lipinski definition) is 1. The molecule has 2 fully saturated rings. The zero-order chi connectivity index (χ0) is 17.3. The number of ether oxygens (including phenoxy) is 1. The average molecular weight is 343 g/mol. The smallest absolute Gasteiger partial charge is 0.387 e. The van der Waals surface area contributed by atoms with Gasteiger partial charge >= 0.3 is 12.6 Å². The van der Waals surface area contributed by atoms with Crippen LogP contribution in [0.4, 0.5) is 23.7 Å². The second kappa shape index (κ2) is 6.88. The van der Waals surface area contributed by atoms with Crippen LogP contribution in [-0.2, 0) is 0 Å². The molecule has 0 aromatic heterocycles. The number of carbonyl (C=O) groups is 1. The second-order valence-corrected chi connectivity index (χ2v) is 6.23. The maximum absolute atomic E-state index is 13.4. The van der Waals surface area contributed by atoms with Gasteiger partial charge in [-0.05, 0) is 38.4 Å². The number of alkyl halides is 2. The van der Waals surface area contributed by atoms with E-state index < -0.39 is 18.5 Å². The monoisotopic (exact) mass is 343 g/mol. The normalized spacial score (nSPS) is 24.1. The topological polar surface area (TPSA) is 44.8 Å². The molecule has 0 spiro atoms. The van der Waals surface area contributed by atoms with Crippen LogP contribution in [0.25, 0.3) is 0 Å². The minimum absolute atomic E-state index is 0.0944. The van der Waals surface area contributed by atoms with Gasteiger partial charge in [-0.15, -0.1) is 0 Å². The predicted molar refractivity (Wildman–Crippen MR) is 82.8 cm³/mol. The molecule has 24 heavy (non-hydrogen) atoms. The molecule has 2 saturated heterocycles. The molecule has 2 bridgehead atoms. The van der Waals surface area contributed by atoms with Crippen molar-refractivity contribution < 1.29 is 22.7 Å². The molecule has 1 aromatic carbocycles. The molecule has 3 rings (SSSR count). The number of rotatable bonds is 3. The quantitative estimate of drug-likeness (QED) is 0.917. The largest absolute Gasteiger partial charge is 0.433 e. The van der Waals surface area contributed by atoms with Gasteiger partial charge < -0.3 is 15.0 Å². The van der Waals surface area contributed by atoms with E-state index in [1.165, 1.54) is 0 Å². The number of likely N-dealkylation sites (N-methyl/N-ethyl adjacent to an activating group) is 1. The Morgan fingerprint density at radius 2 is 2.04 bits per heavy atom. The molecule has 0 aliphatic carbocycles. The van der Waals surface area contributed by atoms with Crippen LogP contribution in [-0.4, -0.2) is 54.7 Å². The van der Waals surface area contributed by atoms with Crippen molar-refractivity contribution in [2.24, 2.45) is 0 Å². The molecule has 2 aliphatic rings. The van der Waals surface area contributed by atoms with Gasteiger partial charge in [0, 0.05) is 31.2 Å². The van der Waals surface area contributed by atoms with E-state index >= 15 is 0 Å². The van der Waals surface area contributed by atoms with Crippen molar-refractivity contribution in [2.45, 2.75) is 38.0 Å². The van der Waals surface area contributed by atoms with E-state index in [1.807, 2.05) is 0 Å². The van der Waals surface area contributed by atoms with Gasteiger partial charge in [0.05, 0.1) is 5.69 Å². The molecule has 8 heteroatoms. The molecule has 2 aliphatic heterocycles. The SMILES string of the molecule is CN1C2CCC1CN(C(=O)Nc1cc(F)ccc1OC(F)F)CC2. The molecule has 2 heterocycles. The molecule has 2 amide bonds. The summed E-state index contributed by atoms with van der Waals surface area (Å²) < 4.78 is 42.6. The summed E-state index contributed by atoms with van der Waals surface area (Å²) in [5.74, 6) is -0.894. The summed E-state index contributed by atoms with van der Waals surface area (Å²) >= 11 is 0. The fourth-order valence-corrected chi connectivity index (χ4v) is 3.49. The number of urea groups is 1. The zero-order valence-corrected chi connectivity index (χ0v) is 13.3. The van der Waals surface area contributed by atoms with Crippen molar-refractivity contribution in [2.75, 3.05) is 25.5 Å². The highest BCUT2D eigenvalue weighted by Gasteiger charge is 2.36. The van der Waals surface area contributed by atoms with Crippen LogP contribution < -0.4 is 10.1 Å². The summed E-state index contributed by atoms with van der Waals surface area (Å²) in [6.07, 6.45) is 3.03. The average Bonchev–Trinajstić information content (AvgIpc) is 2.74. The highest BCUT2D eigenvalue weighted by atomic mass is 19.3. The molecule has 2 atom stereocenters. The van der Waals surface area contributed by atoms with E-state index in [-0.39, 0.29) is 11.4 Å². The first kappa shape index (κ1) is 16.9. The van der Waals surface area contributed by atoms with Crippen molar-refractivity contribution >= 4 is 11.7 Å². The molecule has 1 N–H and O–H groups in total. The van der Waals surface area contributed by atoms with E-state index in [2.05, 4.69) is 22.0 Å². The number of halogens is 3. The lowest BCUT2D eigenvalue weighted by atomic mass is 10.1. The summed E-state index contributed by atoms with van der Waals surface area (Å²) in [6.45, 7) is -1.90. The summed E-state index contributed by atoms with van der Waals surface area (Å²) in [5, 5.41) is 2.50. The van der Waals surface area contributed by atoms with Crippen LogP contribution in [0.15, 0.2) is 18.2 Å². The van der Waals surface area contributed by atoms with E-state index in [0.29, 0.717) is 25.2 Å². The Bertz CT molecular complexity index is 614. The summed E-state index contributed by atoms with van der Waals surface area (Å²) in [7, 11) is 2.06. The molecular formula is C16H20F3N3O2. The lowest BCUT2D eigenvalue weighted by Gasteiger charge is -2.26. The van der Waals surface area contributed by atoms with E-state index in [1.54, 1.807) is 4.90 Å². The Balaban J connectivity index is 1.71. The molecule has 0 saturated carbocycles. The number of carbonyl (C=O) groups excluding carboxylic acids is 1. The van der Waals surface area contributed by atoms with Crippen LogP contribution in [0.2, 0.25) is 0 Å². The number of nitrogens with one attached hydrogen (secondary N) is 1. The van der Waals surface area contributed by atoms with Gasteiger partial charge in [-0.25, -0.2) is 9.18 Å². The predicted octanol–water partition coefficient (Wildman–Crippen LogP) is 3.13. The summed E-state index contributed by atoms with van der Waals surface area (Å²) in [5.41, 5.74) is -0.0944. The summed E-state index contributed by atoms with van der Waals surface area (Å²) in [6, 6.07) is 3.40. The van der Waals surface area contributed by atoms with Crippen LogP contribution >= 0.6 is 0 Å². The van der Waals surface area contributed by atoms with Gasteiger partial charge in [-0.3, -0.25) is 4.90 Å².